The molecule has 0 fully saturated rings. The van der Waals surface area contributed by atoms with E-state index in [1.165, 1.54) is 6.07 Å². The second kappa shape index (κ2) is 2.56. The first-order valence-corrected chi connectivity index (χ1v) is 4.22. The van der Waals surface area contributed by atoms with Crippen molar-refractivity contribution in [2.24, 2.45) is 0 Å². The summed E-state index contributed by atoms with van der Waals surface area (Å²) in [4.78, 5) is 0. The van der Waals surface area contributed by atoms with E-state index in [0.717, 1.165) is 17.7 Å². The maximum absolute atomic E-state index is 9.22. The number of phenols is 1. The molecule has 2 rings (SSSR count). The first-order chi connectivity index (χ1) is 5.66. The minimum absolute atomic E-state index is 0.166. The second-order valence-electron chi connectivity index (χ2n) is 3.05. The maximum Gasteiger partial charge on any atom is 0.141 e. The van der Waals surface area contributed by atoms with Gasteiger partial charge in [0.2, 0.25) is 0 Å². The summed E-state index contributed by atoms with van der Waals surface area (Å²) in [7, 11) is 0. The van der Waals surface area contributed by atoms with Crippen LogP contribution in [0.2, 0.25) is 5.02 Å². The average Bonchev–Trinajstić information content (AvgIpc) is 2.29. The summed E-state index contributed by atoms with van der Waals surface area (Å²) in [5.41, 5.74) is 0.993. The summed E-state index contributed by atoms with van der Waals surface area (Å²) in [6, 6.07) is 3.20. The third kappa shape index (κ3) is 1.12. The number of rotatable bonds is 0. The van der Waals surface area contributed by atoms with Gasteiger partial charge in [-0.25, -0.2) is 0 Å². The second-order valence-corrected chi connectivity index (χ2v) is 3.46. The highest BCUT2D eigenvalue weighted by atomic mass is 35.5. The van der Waals surface area contributed by atoms with Gasteiger partial charge in [0, 0.05) is 18.1 Å². The molecular formula is C9H9ClO2. The van der Waals surface area contributed by atoms with Crippen LogP contribution in [0.3, 0.4) is 0 Å². The van der Waals surface area contributed by atoms with Crippen LogP contribution in [0.4, 0.5) is 0 Å². The molecule has 1 atom stereocenters. The van der Waals surface area contributed by atoms with Crippen molar-refractivity contribution < 1.29 is 9.84 Å². The topological polar surface area (TPSA) is 29.5 Å². The molecule has 0 radical (unpaired) electrons. The van der Waals surface area contributed by atoms with Crippen LogP contribution in [0.1, 0.15) is 12.5 Å². The van der Waals surface area contributed by atoms with Gasteiger partial charge in [-0.2, -0.15) is 0 Å². The summed E-state index contributed by atoms with van der Waals surface area (Å²) < 4.78 is 5.45. The Kier molecular flexibility index (Phi) is 1.65. The molecule has 64 valence electrons. The molecule has 12 heavy (non-hydrogen) atoms. The van der Waals surface area contributed by atoms with E-state index < -0.39 is 0 Å². The third-order valence-corrected chi connectivity index (χ3v) is 2.21. The fourth-order valence-corrected chi connectivity index (χ4v) is 1.75. The zero-order valence-electron chi connectivity index (χ0n) is 6.67. The average molecular weight is 185 g/mol. The molecule has 3 heteroatoms. The van der Waals surface area contributed by atoms with Crippen LogP contribution < -0.4 is 4.74 Å². The van der Waals surface area contributed by atoms with Crippen LogP contribution in [0.5, 0.6) is 11.5 Å². The van der Waals surface area contributed by atoms with Gasteiger partial charge in [0.05, 0.1) is 5.02 Å². The van der Waals surface area contributed by atoms with Gasteiger partial charge in [0.15, 0.2) is 0 Å². The van der Waals surface area contributed by atoms with Crippen LogP contribution in [-0.4, -0.2) is 11.2 Å². The summed E-state index contributed by atoms with van der Waals surface area (Å²) >= 11 is 5.86. The molecule has 1 aromatic rings. The molecule has 1 unspecified atom stereocenters. The summed E-state index contributed by atoms with van der Waals surface area (Å²) in [6.45, 7) is 1.98. The van der Waals surface area contributed by atoms with Gasteiger partial charge in [-0.3, -0.25) is 0 Å². The molecule has 0 aliphatic carbocycles. The molecule has 1 aliphatic rings. The standard InChI is InChI=1S/C9H9ClO2/c1-5-2-6-3-7(11)4-8(10)9(6)12-5/h3-5,11H,2H2,1H3. The Bertz CT molecular complexity index is 323. The largest absolute Gasteiger partial charge is 0.508 e. The molecule has 1 N–H and O–H groups in total. The van der Waals surface area contributed by atoms with Crippen molar-refractivity contribution in [3.05, 3.63) is 22.7 Å². The van der Waals surface area contributed by atoms with Crippen molar-refractivity contribution >= 4 is 11.6 Å². The molecule has 0 bridgehead atoms. The quantitative estimate of drug-likeness (QED) is 0.671. The molecule has 2 nitrogen and oxygen atoms in total. The zero-order valence-corrected chi connectivity index (χ0v) is 7.43. The van der Waals surface area contributed by atoms with Gasteiger partial charge in [0.25, 0.3) is 0 Å². The lowest BCUT2D eigenvalue weighted by Crippen LogP contribution is -2.05. The third-order valence-electron chi connectivity index (χ3n) is 1.93. The Morgan fingerprint density at radius 1 is 1.58 bits per heavy atom. The zero-order chi connectivity index (χ0) is 8.72. The van der Waals surface area contributed by atoms with Crippen LogP contribution >= 0.6 is 11.6 Å². The lowest BCUT2D eigenvalue weighted by molar-refractivity contribution is 0.255. The van der Waals surface area contributed by atoms with Crippen molar-refractivity contribution in [1.29, 1.82) is 0 Å². The number of benzene rings is 1. The van der Waals surface area contributed by atoms with Gasteiger partial charge in [-0.15, -0.1) is 0 Å². The predicted molar refractivity (Wildman–Crippen MR) is 46.9 cm³/mol. The van der Waals surface area contributed by atoms with E-state index >= 15 is 0 Å². The summed E-state index contributed by atoms with van der Waals surface area (Å²) in [6.07, 6.45) is 0.989. The Balaban J connectivity index is 2.52. The predicted octanol–water partition coefficient (Wildman–Crippen LogP) is 2.37. The molecule has 1 heterocycles. The molecule has 0 amide bonds. The lowest BCUT2D eigenvalue weighted by Gasteiger charge is -2.04. The number of fused-ring (bicyclic) bond motifs is 1. The molecular weight excluding hydrogens is 176 g/mol. The van der Waals surface area contributed by atoms with E-state index in [1.807, 2.05) is 6.92 Å². The van der Waals surface area contributed by atoms with Gasteiger partial charge in [-0.05, 0) is 13.0 Å². The van der Waals surface area contributed by atoms with Gasteiger partial charge < -0.3 is 9.84 Å². The van der Waals surface area contributed by atoms with E-state index in [0.29, 0.717) is 5.02 Å². The highest BCUT2D eigenvalue weighted by Gasteiger charge is 2.22. The summed E-state index contributed by atoms with van der Waals surface area (Å²) in [5, 5.41) is 9.72. The highest BCUT2D eigenvalue weighted by molar-refractivity contribution is 6.32. The van der Waals surface area contributed by atoms with Crippen molar-refractivity contribution in [3.63, 3.8) is 0 Å². The molecule has 0 saturated heterocycles. The molecule has 1 aromatic carbocycles. The van der Waals surface area contributed by atoms with Crippen LogP contribution in [0.15, 0.2) is 12.1 Å². The van der Waals surface area contributed by atoms with E-state index in [4.69, 9.17) is 16.3 Å². The molecule has 0 aromatic heterocycles. The SMILES string of the molecule is CC1Cc2cc(O)cc(Cl)c2O1. The van der Waals surface area contributed by atoms with Crippen molar-refractivity contribution in [2.75, 3.05) is 0 Å². The van der Waals surface area contributed by atoms with Crippen molar-refractivity contribution in [1.82, 2.24) is 0 Å². The van der Waals surface area contributed by atoms with E-state index in [1.54, 1.807) is 6.07 Å². The monoisotopic (exact) mass is 184 g/mol. The number of phenolic OH excluding ortho intramolecular Hbond substituents is 1. The van der Waals surface area contributed by atoms with E-state index in [2.05, 4.69) is 0 Å². The molecule has 1 aliphatic heterocycles. The van der Waals surface area contributed by atoms with Gasteiger partial charge in [0.1, 0.15) is 17.6 Å². The normalized spacial score (nSPS) is 20.3. The molecule has 0 spiro atoms. The van der Waals surface area contributed by atoms with Crippen LogP contribution in [0, 0.1) is 0 Å². The number of hydrogen-bond acceptors (Lipinski definition) is 2. The fourth-order valence-electron chi connectivity index (χ4n) is 1.47. The number of ether oxygens (including phenoxy) is 1. The van der Waals surface area contributed by atoms with Crippen LogP contribution in [-0.2, 0) is 6.42 Å². The van der Waals surface area contributed by atoms with Gasteiger partial charge >= 0.3 is 0 Å². The Morgan fingerprint density at radius 2 is 2.33 bits per heavy atom. The number of halogens is 1. The minimum atomic E-state index is 0.166. The molecule has 0 saturated carbocycles. The maximum atomic E-state index is 9.22. The van der Waals surface area contributed by atoms with E-state index in [9.17, 15) is 5.11 Å². The fraction of sp³-hybridized carbons (Fsp3) is 0.333. The Labute approximate surface area is 75.7 Å². The van der Waals surface area contributed by atoms with Crippen molar-refractivity contribution in [3.8, 4) is 11.5 Å². The highest BCUT2D eigenvalue weighted by Crippen LogP contribution is 2.38. The Morgan fingerprint density at radius 3 is 3.08 bits per heavy atom. The minimum Gasteiger partial charge on any atom is -0.508 e. The van der Waals surface area contributed by atoms with Gasteiger partial charge in [-0.1, -0.05) is 11.6 Å². The smallest absolute Gasteiger partial charge is 0.141 e. The van der Waals surface area contributed by atoms with Crippen molar-refractivity contribution in [2.45, 2.75) is 19.4 Å². The lowest BCUT2D eigenvalue weighted by atomic mass is 10.1. The Hall–Kier alpha value is -0.890. The number of aromatic hydroxyl groups is 1. The van der Waals surface area contributed by atoms with Crippen LogP contribution in [0.25, 0.3) is 0 Å². The number of hydrogen-bond donors (Lipinski definition) is 1. The first-order valence-electron chi connectivity index (χ1n) is 3.85. The summed E-state index contributed by atoms with van der Waals surface area (Å²) in [5.74, 6) is 0.929. The van der Waals surface area contributed by atoms with E-state index in [-0.39, 0.29) is 11.9 Å². The first kappa shape index (κ1) is 7.74.